The predicted molar refractivity (Wildman–Crippen MR) is 79.3 cm³/mol. The van der Waals surface area contributed by atoms with Gasteiger partial charge in [0.2, 0.25) is 0 Å². The van der Waals surface area contributed by atoms with Crippen molar-refractivity contribution in [1.82, 2.24) is 0 Å². The molecule has 0 bridgehead atoms. The highest BCUT2D eigenvalue weighted by Crippen LogP contribution is 2.32. The highest BCUT2D eigenvalue weighted by Gasteiger charge is 2.38. The van der Waals surface area contributed by atoms with E-state index in [1.54, 1.807) is 14.2 Å². The van der Waals surface area contributed by atoms with Gasteiger partial charge in [0.1, 0.15) is 0 Å². The van der Waals surface area contributed by atoms with Crippen molar-refractivity contribution in [2.24, 2.45) is 0 Å². The van der Waals surface area contributed by atoms with Gasteiger partial charge in [0.15, 0.2) is 0 Å². The summed E-state index contributed by atoms with van der Waals surface area (Å²) < 4.78 is 16.3. The number of carbonyl (C=O) groups excluding carboxylic acids is 1. The first-order chi connectivity index (χ1) is 9.03. The van der Waals surface area contributed by atoms with Crippen LogP contribution in [0.2, 0.25) is 12.1 Å². The van der Waals surface area contributed by atoms with E-state index in [9.17, 15) is 4.79 Å². The Hall–Kier alpha value is -0.653. The van der Waals surface area contributed by atoms with E-state index >= 15 is 0 Å². The Labute approximate surface area is 118 Å². The summed E-state index contributed by atoms with van der Waals surface area (Å²) in [6, 6.07) is 0. The fourth-order valence-electron chi connectivity index (χ4n) is 2.09. The van der Waals surface area contributed by atoms with Crippen molar-refractivity contribution < 1.29 is 18.4 Å². The molecule has 0 amide bonds. The van der Waals surface area contributed by atoms with E-state index in [1.165, 1.54) is 18.9 Å². The van der Waals surface area contributed by atoms with Crippen LogP contribution in [0.5, 0.6) is 0 Å². The van der Waals surface area contributed by atoms with Crippen molar-refractivity contribution in [3.8, 4) is 0 Å². The quantitative estimate of drug-likeness (QED) is 0.253. The van der Waals surface area contributed by atoms with Crippen LogP contribution >= 0.6 is 0 Å². The first-order valence-corrected chi connectivity index (χ1v) is 9.32. The zero-order valence-electron chi connectivity index (χ0n) is 12.7. The zero-order chi connectivity index (χ0) is 14.7. The summed E-state index contributed by atoms with van der Waals surface area (Å²) in [6.45, 7) is 8.04. The average Bonchev–Trinajstić information content (AvgIpc) is 2.44. The lowest BCUT2D eigenvalue weighted by atomic mass is 10.1. The lowest BCUT2D eigenvalue weighted by molar-refractivity contribution is -0.137. The van der Waals surface area contributed by atoms with Gasteiger partial charge in [-0.25, -0.2) is 4.79 Å². The number of esters is 1. The van der Waals surface area contributed by atoms with Crippen LogP contribution in [0.4, 0.5) is 0 Å². The van der Waals surface area contributed by atoms with E-state index in [0.717, 1.165) is 19.3 Å². The summed E-state index contributed by atoms with van der Waals surface area (Å²) >= 11 is 0. The van der Waals surface area contributed by atoms with Crippen LogP contribution in [0, 0.1) is 0 Å². The van der Waals surface area contributed by atoms with Gasteiger partial charge in [-0.2, -0.15) is 0 Å². The largest absolute Gasteiger partial charge is 0.463 e. The average molecular weight is 288 g/mol. The molecular weight excluding hydrogens is 260 g/mol. The number of ether oxygens (including phenoxy) is 1. The Bertz CT molecular complexity index is 264. The van der Waals surface area contributed by atoms with Crippen LogP contribution in [-0.2, 0) is 18.4 Å². The van der Waals surface area contributed by atoms with Gasteiger partial charge in [0.25, 0.3) is 0 Å². The number of hydrogen-bond donors (Lipinski definition) is 0. The summed E-state index contributed by atoms with van der Waals surface area (Å²) in [4.78, 5) is 11.1. The van der Waals surface area contributed by atoms with Crippen LogP contribution in [-0.4, -0.2) is 35.4 Å². The highest BCUT2D eigenvalue weighted by molar-refractivity contribution is 6.67. The summed E-state index contributed by atoms with van der Waals surface area (Å²) in [6.07, 6.45) is 6.59. The number of rotatable bonds is 11. The molecule has 0 aliphatic rings. The Morgan fingerprint density at radius 3 is 2.37 bits per heavy atom. The van der Waals surface area contributed by atoms with E-state index in [2.05, 4.69) is 20.0 Å². The minimum atomic E-state index is -2.18. The minimum absolute atomic E-state index is 0.340. The van der Waals surface area contributed by atoms with Crippen molar-refractivity contribution in [3.05, 3.63) is 12.7 Å². The fourth-order valence-corrected chi connectivity index (χ4v) is 4.29. The molecule has 1 unspecified atom stereocenters. The summed E-state index contributed by atoms with van der Waals surface area (Å²) in [5, 5.41) is 0. The van der Waals surface area contributed by atoms with Gasteiger partial charge >= 0.3 is 14.5 Å². The molecule has 0 aromatic heterocycles. The first kappa shape index (κ1) is 18.3. The third kappa shape index (κ3) is 6.89. The van der Waals surface area contributed by atoms with E-state index in [4.69, 9.17) is 13.6 Å². The van der Waals surface area contributed by atoms with Gasteiger partial charge < -0.3 is 13.6 Å². The molecule has 0 saturated carbocycles. The molecule has 0 spiro atoms. The molecule has 4 nitrogen and oxygen atoms in total. The lowest BCUT2D eigenvalue weighted by Gasteiger charge is -2.32. The van der Waals surface area contributed by atoms with Crippen molar-refractivity contribution in [1.29, 1.82) is 0 Å². The van der Waals surface area contributed by atoms with Crippen molar-refractivity contribution >= 4 is 14.5 Å². The monoisotopic (exact) mass is 288 g/mol. The summed E-state index contributed by atoms with van der Waals surface area (Å²) in [7, 11) is 1.24. The maximum Gasteiger partial charge on any atom is 0.337 e. The van der Waals surface area contributed by atoms with Gasteiger partial charge in [-0.05, 0) is 19.4 Å². The molecule has 0 fully saturated rings. The molecule has 0 aliphatic heterocycles. The van der Waals surface area contributed by atoms with Crippen LogP contribution in [0.3, 0.4) is 0 Å². The molecule has 0 heterocycles. The van der Waals surface area contributed by atoms with E-state index < -0.39 is 8.56 Å². The number of hydrogen-bond acceptors (Lipinski definition) is 4. The van der Waals surface area contributed by atoms with E-state index in [-0.39, 0.29) is 5.97 Å². The molecule has 112 valence electrons. The maximum absolute atomic E-state index is 11.1. The summed E-state index contributed by atoms with van der Waals surface area (Å²) in [5.74, 6) is -0.370. The molecule has 0 rings (SSSR count). The number of unbranched alkanes of at least 4 members (excludes halogenated alkanes) is 2. The van der Waals surface area contributed by atoms with E-state index in [1.807, 2.05) is 0 Å². The second-order valence-corrected chi connectivity index (χ2v) is 8.44. The van der Waals surface area contributed by atoms with Gasteiger partial charge in [0.05, 0.1) is 6.61 Å². The Morgan fingerprint density at radius 1 is 1.26 bits per heavy atom. The third-order valence-electron chi connectivity index (χ3n) is 3.59. The minimum Gasteiger partial charge on any atom is -0.463 e. The predicted octanol–water partition coefficient (Wildman–Crippen LogP) is 3.42. The van der Waals surface area contributed by atoms with Crippen LogP contribution in [0.25, 0.3) is 0 Å². The maximum atomic E-state index is 11.1. The zero-order valence-corrected chi connectivity index (χ0v) is 13.7. The second-order valence-electron chi connectivity index (χ2n) is 4.78. The third-order valence-corrected chi connectivity index (χ3v) is 7.27. The van der Waals surface area contributed by atoms with Gasteiger partial charge in [-0.3, -0.25) is 0 Å². The normalized spacial score (nSPS) is 13.1. The molecule has 0 saturated heterocycles. The topological polar surface area (TPSA) is 44.8 Å². The lowest BCUT2D eigenvalue weighted by Crippen LogP contribution is -2.42. The molecule has 0 radical (unpaired) electrons. The molecule has 0 aromatic rings. The molecular formula is C14H28O4Si. The molecule has 1 atom stereocenters. The van der Waals surface area contributed by atoms with Gasteiger partial charge in [0, 0.05) is 25.8 Å². The second kappa shape index (κ2) is 10.2. The first-order valence-electron chi connectivity index (χ1n) is 6.93. The fraction of sp³-hybridized carbons (Fsp3) is 0.786. The van der Waals surface area contributed by atoms with Crippen molar-refractivity contribution in [3.63, 3.8) is 0 Å². The van der Waals surface area contributed by atoms with E-state index in [0.29, 0.717) is 12.1 Å². The van der Waals surface area contributed by atoms with Crippen LogP contribution in [0.15, 0.2) is 12.7 Å². The molecule has 19 heavy (non-hydrogen) atoms. The van der Waals surface area contributed by atoms with Crippen LogP contribution in [0.1, 0.15) is 39.0 Å². The van der Waals surface area contributed by atoms with Crippen LogP contribution < -0.4 is 0 Å². The van der Waals surface area contributed by atoms with Crippen molar-refractivity contribution in [2.45, 2.75) is 51.1 Å². The number of carbonyl (C=O) groups is 1. The van der Waals surface area contributed by atoms with Gasteiger partial charge in [-0.1, -0.05) is 32.8 Å². The summed E-state index contributed by atoms with van der Waals surface area (Å²) in [5.41, 5.74) is 0.340. The molecule has 0 N–H and O–H groups in total. The standard InChI is InChI=1S/C14H28O4Si/c1-6-8-9-10-13(19(5,16-3)17-4)11-12-18-14(15)7-2/h7,13H,2,6,8-12H2,1,3-5H3. The highest BCUT2D eigenvalue weighted by atomic mass is 28.4. The molecule has 0 aromatic carbocycles. The smallest absolute Gasteiger partial charge is 0.337 e. The van der Waals surface area contributed by atoms with Gasteiger partial charge in [-0.15, -0.1) is 0 Å². The Morgan fingerprint density at radius 2 is 1.89 bits per heavy atom. The van der Waals surface area contributed by atoms with Crippen molar-refractivity contribution in [2.75, 3.05) is 20.8 Å². The Balaban J connectivity index is 4.40. The Kier molecular flexibility index (Phi) is 9.82. The molecule has 0 aliphatic carbocycles. The SMILES string of the molecule is C=CC(=O)OCCC(CCCCC)[Si](C)(OC)OC. The molecule has 5 heteroatoms.